The van der Waals surface area contributed by atoms with Crippen molar-refractivity contribution in [2.24, 2.45) is 0 Å². The molecular formula is C15H27NO4. The van der Waals surface area contributed by atoms with Crippen LogP contribution in [-0.2, 0) is 14.2 Å². The van der Waals surface area contributed by atoms with Crippen molar-refractivity contribution in [2.75, 3.05) is 20.3 Å². The Morgan fingerprint density at radius 3 is 2.45 bits per heavy atom. The normalized spacial score (nSPS) is 32.6. The van der Waals surface area contributed by atoms with Gasteiger partial charge in [-0.25, -0.2) is 4.79 Å². The average molecular weight is 285 g/mol. The Morgan fingerprint density at radius 1 is 1.30 bits per heavy atom. The van der Waals surface area contributed by atoms with Gasteiger partial charge in [0.15, 0.2) is 0 Å². The predicted octanol–water partition coefficient (Wildman–Crippen LogP) is 2.58. The van der Waals surface area contributed by atoms with E-state index in [-0.39, 0.29) is 23.3 Å². The van der Waals surface area contributed by atoms with Gasteiger partial charge in [-0.1, -0.05) is 0 Å². The molecule has 2 fully saturated rings. The smallest absolute Gasteiger partial charge is 0.410 e. The van der Waals surface area contributed by atoms with Crippen LogP contribution in [0.25, 0.3) is 0 Å². The van der Waals surface area contributed by atoms with Crippen molar-refractivity contribution in [3.63, 3.8) is 0 Å². The molecule has 0 aromatic heterocycles. The van der Waals surface area contributed by atoms with Crippen molar-refractivity contribution in [3.8, 4) is 0 Å². The molecule has 0 aliphatic carbocycles. The van der Waals surface area contributed by atoms with Crippen LogP contribution in [0.5, 0.6) is 0 Å². The van der Waals surface area contributed by atoms with E-state index in [1.165, 1.54) is 0 Å². The topological polar surface area (TPSA) is 48.0 Å². The van der Waals surface area contributed by atoms with E-state index < -0.39 is 5.60 Å². The van der Waals surface area contributed by atoms with Gasteiger partial charge in [-0.05, 0) is 34.6 Å². The largest absolute Gasteiger partial charge is 0.444 e. The van der Waals surface area contributed by atoms with Crippen LogP contribution in [0, 0.1) is 0 Å². The van der Waals surface area contributed by atoms with Gasteiger partial charge in [0.2, 0.25) is 0 Å². The molecule has 0 N–H and O–H groups in total. The van der Waals surface area contributed by atoms with Gasteiger partial charge in [0.05, 0.1) is 30.5 Å². The second kappa shape index (κ2) is 4.88. The van der Waals surface area contributed by atoms with Crippen molar-refractivity contribution in [1.29, 1.82) is 0 Å². The molecule has 1 amide bonds. The molecule has 0 saturated carbocycles. The average Bonchev–Trinajstić information content (AvgIpc) is 2.80. The highest BCUT2D eigenvalue weighted by molar-refractivity contribution is 5.68. The maximum Gasteiger partial charge on any atom is 0.410 e. The summed E-state index contributed by atoms with van der Waals surface area (Å²) < 4.78 is 17.2. The molecule has 2 heterocycles. The summed E-state index contributed by atoms with van der Waals surface area (Å²) in [6.45, 7) is 10.9. The fraction of sp³-hybridized carbons (Fsp3) is 0.933. The van der Waals surface area contributed by atoms with Crippen LogP contribution >= 0.6 is 0 Å². The summed E-state index contributed by atoms with van der Waals surface area (Å²) in [7, 11) is 1.78. The maximum absolute atomic E-state index is 12.1. The lowest BCUT2D eigenvalue weighted by molar-refractivity contribution is -0.0133. The molecule has 5 heteroatoms. The highest BCUT2D eigenvalue weighted by atomic mass is 16.6. The lowest BCUT2D eigenvalue weighted by Gasteiger charge is -2.28. The number of likely N-dealkylation sites (N-methyl/N-ethyl adjacent to an activating group) is 1. The molecule has 0 aromatic carbocycles. The highest BCUT2D eigenvalue weighted by Gasteiger charge is 2.51. The molecular weight excluding hydrogens is 258 g/mol. The Labute approximate surface area is 121 Å². The summed E-state index contributed by atoms with van der Waals surface area (Å²) in [6.07, 6.45) is 1.39. The van der Waals surface area contributed by atoms with E-state index in [1.54, 1.807) is 11.9 Å². The zero-order valence-electron chi connectivity index (χ0n) is 13.5. The van der Waals surface area contributed by atoms with Gasteiger partial charge in [-0.15, -0.1) is 0 Å². The number of amides is 1. The van der Waals surface area contributed by atoms with Crippen molar-refractivity contribution in [1.82, 2.24) is 4.90 Å². The molecule has 1 spiro atoms. The number of hydrogen-bond donors (Lipinski definition) is 0. The van der Waals surface area contributed by atoms with Gasteiger partial charge in [0.25, 0.3) is 0 Å². The van der Waals surface area contributed by atoms with Crippen molar-refractivity contribution in [3.05, 3.63) is 0 Å². The SMILES string of the molecule is CN(C(=O)OC(C)(C)C)C1COC2(COC(C)(C)C2)C1. The fourth-order valence-electron chi connectivity index (χ4n) is 2.98. The van der Waals surface area contributed by atoms with Crippen LogP contribution in [0.2, 0.25) is 0 Å². The van der Waals surface area contributed by atoms with Gasteiger partial charge < -0.3 is 19.1 Å². The number of hydrogen-bond acceptors (Lipinski definition) is 4. The first-order chi connectivity index (χ1) is 9.02. The lowest BCUT2D eigenvalue weighted by Crippen LogP contribution is -2.42. The molecule has 2 atom stereocenters. The minimum atomic E-state index is -0.471. The second-order valence-corrected chi connectivity index (χ2v) is 7.67. The van der Waals surface area contributed by atoms with Crippen LogP contribution < -0.4 is 0 Å². The standard InChI is InChI=1S/C15H27NO4/c1-13(2,3)20-12(17)16(6)11-7-15(18-8-11)9-14(4,5)19-10-15/h11H,7-10H2,1-6H3. The fourth-order valence-corrected chi connectivity index (χ4v) is 2.98. The summed E-state index contributed by atoms with van der Waals surface area (Å²) >= 11 is 0. The molecule has 20 heavy (non-hydrogen) atoms. The Morgan fingerprint density at radius 2 is 1.95 bits per heavy atom. The third-order valence-electron chi connectivity index (χ3n) is 3.89. The Balaban J connectivity index is 1.94. The number of carbonyl (C=O) groups is 1. The highest BCUT2D eigenvalue weighted by Crippen LogP contribution is 2.42. The maximum atomic E-state index is 12.1. The zero-order chi connectivity index (χ0) is 15.2. The molecule has 2 aliphatic rings. The van der Waals surface area contributed by atoms with Gasteiger partial charge in [0.1, 0.15) is 5.60 Å². The van der Waals surface area contributed by atoms with Gasteiger partial charge in [-0.3, -0.25) is 0 Å². The third-order valence-corrected chi connectivity index (χ3v) is 3.89. The first-order valence-corrected chi connectivity index (χ1v) is 7.26. The monoisotopic (exact) mass is 285 g/mol. The van der Waals surface area contributed by atoms with Crippen LogP contribution in [-0.4, -0.2) is 54.1 Å². The van der Waals surface area contributed by atoms with Crippen LogP contribution in [0.3, 0.4) is 0 Å². The molecule has 2 aliphatic heterocycles. The Hall–Kier alpha value is -0.810. The Bertz CT molecular complexity index is 388. The number of carbonyl (C=O) groups excluding carboxylic acids is 1. The molecule has 116 valence electrons. The summed E-state index contributed by atoms with van der Waals surface area (Å²) in [5.41, 5.74) is -0.842. The van der Waals surface area contributed by atoms with E-state index in [2.05, 4.69) is 13.8 Å². The Kier molecular flexibility index (Phi) is 3.80. The predicted molar refractivity (Wildman–Crippen MR) is 75.7 cm³/mol. The summed E-state index contributed by atoms with van der Waals surface area (Å²) in [5, 5.41) is 0. The van der Waals surface area contributed by atoms with E-state index in [0.29, 0.717) is 13.2 Å². The molecule has 0 bridgehead atoms. The first-order valence-electron chi connectivity index (χ1n) is 7.26. The van der Waals surface area contributed by atoms with Crippen LogP contribution in [0.15, 0.2) is 0 Å². The van der Waals surface area contributed by atoms with E-state index in [1.807, 2.05) is 20.8 Å². The molecule has 2 unspecified atom stereocenters. The van der Waals surface area contributed by atoms with Crippen molar-refractivity contribution < 1.29 is 19.0 Å². The van der Waals surface area contributed by atoms with Crippen molar-refractivity contribution in [2.45, 2.75) is 70.3 Å². The van der Waals surface area contributed by atoms with E-state index in [9.17, 15) is 4.79 Å². The number of ether oxygens (including phenoxy) is 3. The van der Waals surface area contributed by atoms with E-state index >= 15 is 0 Å². The van der Waals surface area contributed by atoms with Gasteiger partial charge in [-0.2, -0.15) is 0 Å². The lowest BCUT2D eigenvalue weighted by atomic mass is 9.90. The molecule has 2 rings (SSSR count). The quantitative estimate of drug-likeness (QED) is 0.743. The van der Waals surface area contributed by atoms with Crippen molar-refractivity contribution >= 4 is 6.09 Å². The molecule has 2 saturated heterocycles. The minimum Gasteiger partial charge on any atom is -0.444 e. The van der Waals surface area contributed by atoms with Crippen LogP contribution in [0.4, 0.5) is 4.79 Å². The summed E-state index contributed by atoms with van der Waals surface area (Å²) in [5.74, 6) is 0. The van der Waals surface area contributed by atoms with Gasteiger partial charge in [0, 0.05) is 19.9 Å². The molecule has 5 nitrogen and oxygen atoms in total. The summed E-state index contributed by atoms with van der Waals surface area (Å²) in [6, 6.07) is 0.0577. The van der Waals surface area contributed by atoms with E-state index in [0.717, 1.165) is 12.8 Å². The zero-order valence-corrected chi connectivity index (χ0v) is 13.5. The second-order valence-electron chi connectivity index (χ2n) is 7.67. The van der Waals surface area contributed by atoms with Crippen LogP contribution in [0.1, 0.15) is 47.5 Å². The number of nitrogens with zero attached hydrogens (tertiary/aromatic N) is 1. The number of rotatable bonds is 1. The minimum absolute atomic E-state index is 0.0577. The van der Waals surface area contributed by atoms with E-state index in [4.69, 9.17) is 14.2 Å². The van der Waals surface area contributed by atoms with Gasteiger partial charge >= 0.3 is 6.09 Å². The third kappa shape index (κ3) is 3.44. The summed E-state index contributed by atoms with van der Waals surface area (Å²) in [4.78, 5) is 13.8. The first kappa shape index (κ1) is 15.6. The molecule has 0 radical (unpaired) electrons. The molecule has 0 aromatic rings.